The first-order valence-electron chi connectivity index (χ1n) is 8.66. The average molecular weight is 408 g/mol. The number of carbonyl (C=O) groups excluding carboxylic acids is 2. The van der Waals surface area contributed by atoms with E-state index in [-0.39, 0.29) is 42.0 Å². The first kappa shape index (κ1) is 23.2. The van der Waals surface area contributed by atoms with Gasteiger partial charge in [0, 0.05) is 13.3 Å². The molecule has 1 aromatic carbocycles. The molecule has 2 unspecified atom stereocenters. The van der Waals surface area contributed by atoms with E-state index in [4.69, 9.17) is 0 Å². The molecule has 2 rings (SSSR count). The minimum atomic E-state index is -4.53. The first-order chi connectivity index (χ1) is 12.2. The maximum Gasteiger partial charge on any atom is 0.416 e. The number of alkyl halides is 3. The lowest BCUT2D eigenvalue weighted by atomic mass is 9.85. The van der Waals surface area contributed by atoms with Crippen LogP contribution in [0, 0.1) is 11.8 Å². The summed E-state index contributed by atoms with van der Waals surface area (Å²) in [6.07, 6.45) is -2.24. The van der Waals surface area contributed by atoms with Crippen LogP contribution in [0.5, 0.6) is 0 Å². The molecule has 0 spiro atoms. The highest BCUT2D eigenvalue weighted by Gasteiger charge is 2.31. The van der Waals surface area contributed by atoms with Crippen LogP contribution in [0.4, 0.5) is 24.5 Å². The van der Waals surface area contributed by atoms with Crippen molar-refractivity contribution in [2.75, 3.05) is 23.7 Å². The summed E-state index contributed by atoms with van der Waals surface area (Å²) in [5.41, 5.74) is -0.786. The molecular formula is C18H25ClF3N3O2. The van der Waals surface area contributed by atoms with E-state index in [2.05, 4.69) is 16.0 Å². The summed E-state index contributed by atoms with van der Waals surface area (Å²) in [4.78, 5) is 23.6. The molecule has 27 heavy (non-hydrogen) atoms. The zero-order valence-electron chi connectivity index (χ0n) is 15.3. The van der Waals surface area contributed by atoms with Crippen molar-refractivity contribution in [3.05, 3.63) is 23.8 Å². The maximum absolute atomic E-state index is 12.9. The van der Waals surface area contributed by atoms with Gasteiger partial charge in [0.15, 0.2) is 0 Å². The average Bonchev–Trinajstić information content (AvgIpc) is 2.55. The van der Waals surface area contributed by atoms with Crippen molar-refractivity contribution >= 4 is 35.6 Å². The van der Waals surface area contributed by atoms with E-state index in [1.165, 1.54) is 6.92 Å². The molecule has 1 aliphatic rings. The zero-order chi connectivity index (χ0) is 19.3. The Bertz CT molecular complexity index is 662. The molecule has 0 bridgehead atoms. The van der Waals surface area contributed by atoms with Crippen LogP contribution in [0.1, 0.15) is 38.7 Å². The Hall–Kier alpha value is -1.80. The van der Waals surface area contributed by atoms with Gasteiger partial charge in [0.2, 0.25) is 11.8 Å². The third kappa shape index (κ3) is 7.03. The lowest BCUT2D eigenvalue weighted by Crippen LogP contribution is -2.34. The normalized spacial score (nSPS) is 18.2. The van der Waals surface area contributed by atoms with Gasteiger partial charge in [-0.15, -0.1) is 12.4 Å². The van der Waals surface area contributed by atoms with Gasteiger partial charge in [-0.2, -0.15) is 13.2 Å². The Morgan fingerprint density at radius 1 is 1.26 bits per heavy atom. The lowest BCUT2D eigenvalue weighted by Gasteiger charge is -2.28. The SMILES string of the molecule is CC(=O)Nc1ccc(C(F)(F)F)cc1NC(=O)CC(C)C1CCCNC1.Cl. The highest BCUT2D eigenvalue weighted by atomic mass is 35.5. The molecule has 1 aromatic rings. The second-order valence-corrected chi connectivity index (χ2v) is 6.78. The number of amides is 2. The van der Waals surface area contributed by atoms with E-state index in [0.29, 0.717) is 5.92 Å². The van der Waals surface area contributed by atoms with Gasteiger partial charge >= 0.3 is 6.18 Å². The van der Waals surface area contributed by atoms with Gasteiger partial charge in [-0.25, -0.2) is 0 Å². The predicted octanol–water partition coefficient (Wildman–Crippen LogP) is 4.05. The van der Waals surface area contributed by atoms with Crippen LogP contribution < -0.4 is 16.0 Å². The minimum Gasteiger partial charge on any atom is -0.325 e. The van der Waals surface area contributed by atoms with Gasteiger partial charge in [0.1, 0.15) is 0 Å². The van der Waals surface area contributed by atoms with Crippen LogP contribution >= 0.6 is 12.4 Å². The topological polar surface area (TPSA) is 70.2 Å². The summed E-state index contributed by atoms with van der Waals surface area (Å²) in [7, 11) is 0. The fourth-order valence-electron chi connectivity index (χ4n) is 3.15. The lowest BCUT2D eigenvalue weighted by molar-refractivity contribution is -0.137. The molecule has 2 amide bonds. The third-order valence-corrected chi connectivity index (χ3v) is 4.58. The van der Waals surface area contributed by atoms with E-state index in [9.17, 15) is 22.8 Å². The summed E-state index contributed by atoms with van der Waals surface area (Å²) in [5, 5.41) is 8.26. The van der Waals surface area contributed by atoms with Crippen LogP contribution in [0.2, 0.25) is 0 Å². The highest BCUT2D eigenvalue weighted by molar-refractivity contribution is 5.99. The van der Waals surface area contributed by atoms with E-state index < -0.39 is 17.6 Å². The molecule has 0 aromatic heterocycles. The Kier molecular flexibility index (Phi) is 8.56. The summed E-state index contributed by atoms with van der Waals surface area (Å²) in [6, 6.07) is 2.86. The fraction of sp³-hybridized carbons (Fsp3) is 0.556. The number of anilines is 2. The number of hydrogen-bond donors (Lipinski definition) is 3. The number of piperidine rings is 1. The Labute approximate surface area is 162 Å². The summed E-state index contributed by atoms with van der Waals surface area (Å²) in [5.74, 6) is -0.320. The second-order valence-electron chi connectivity index (χ2n) is 6.78. The molecule has 1 aliphatic heterocycles. The van der Waals surface area contributed by atoms with Crippen molar-refractivity contribution in [3.63, 3.8) is 0 Å². The summed E-state index contributed by atoms with van der Waals surface area (Å²) in [6.45, 7) is 5.04. The van der Waals surface area contributed by atoms with Crippen molar-refractivity contribution in [2.45, 2.75) is 39.3 Å². The second kappa shape index (κ2) is 9.94. The monoisotopic (exact) mass is 407 g/mol. The molecule has 1 heterocycles. The molecule has 0 radical (unpaired) electrons. The van der Waals surface area contributed by atoms with Crippen LogP contribution in [0.25, 0.3) is 0 Å². The molecule has 5 nitrogen and oxygen atoms in total. The van der Waals surface area contributed by atoms with Crippen LogP contribution in [-0.2, 0) is 15.8 Å². The summed E-state index contributed by atoms with van der Waals surface area (Å²) < 4.78 is 38.8. The number of carbonyl (C=O) groups is 2. The Morgan fingerprint density at radius 3 is 2.52 bits per heavy atom. The van der Waals surface area contributed by atoms with Crippen molar-refractivity contribution < 1.29 is 22.8 Å². The molecule has 9 heteroatoms. The number of halogens is 4. The van der Waals surface area contributed by atoms with Crippen molar-refractivity contribution in [1.82, 2.24) is 5.32 Å². The van der Waals surface area contributed by atoms with E-state index in [0.717, 1.165) is 44.1 Å². The number of hydrogen-bond acceptors (Lipinski definition) is 3. The Morgan fingerprint density at radius 2 is 1.96 bits per heavy atom. The fourth-order valence-corrected chi connectivity index (χ4v) is 3.15. The van der Waals surface area contributed by atoms with Crippen molar-refractivity contribution in [1.29, 1.82) is 0 Å². The molecule has 152 valence electrons. The third-order valence-electron chi connectivity index (χ3n) is 4.58. The first-order valence-corrected chi connectivity index (χ1v) is 8.66. The van der Waals surface area contributed by atoms with Gasteiger partial charge in [0.25, 0.3) is 0 Å². The largest absolute Gasteiger partial charge is 0.416 e. The molecule has 3 N–H and O–H groups in total. The van der Waals surface area contributed by atoms with Crippen LogP contribution in [0.3, 0.4) is 0 Å². The molecular weight excluding hydrogens is 383 g/mol. The van der Waals surface area contributed by atoms with E-state index in [1.807, 2.05) is 6.92 Å². The molecule has 2 atom stereocenters. The Balaban J connectivity index is 0.00000364. The molecule has 1 saturated heterocycles. The number of benzene rings is 1. The summed E-state index contributed by atoms with van der Waals surface area (Å²) >= 11 is 0. The van der Waals surface area contributed by atoms with Crippen molar-refractivity contribution in [2.24, 2.45) is 11.8 Å². The quantitative estimate of drug-likeness (QED) is 0.689. The molecule has 0 saturated carbocycles. The van der Waals surface area contributed by atoms with E-state index >= 15 is 0 Å². The van der Waals surface area contributed by atoms with Gasteiger partial charge < -0.3 is 16.0 Å². The zero-order valence-corrected chi connectivity index (χ0v) is 16.1. The minimum absolute atomic E-state index is 0. The van der Waals surface area contributed by atoms with Crippen molar-refractivity contribution in [3.8, 4) is 0 Å². The maximum atomic E-state index is 12.9. The van der Waals surface area contributed by atoms with E-state index in [1.54, 1.807) is 0 Å². The van der Waals surface area contributed by atoms with Crippen LogP contribution in [-0.4, -0.2) is 24.9 Å². The molecule has 0 aliphatic carbocycles. The highest BCUT2D eigenvalue weighted by Crippen LogP contribution is 2.34. The van der Waals surface area contributed by atoms with Gasteiger partial charge in [-0.3, -0.25) is 9.59 Å². The smallest absolute Gasteiger partial charge is 0.325 e. The van der Waals surface area contributed by atoms with Crippen LogP contribution in [0.15, 0.2) is 18.2 Å². The van der Waals surface area contributed by atoms with Gasteiger partial charge in [0.05, 0.1) is 16.9 Å². The number of nitrogens with one attached hydrogen (secondary N) is 3. The van der Waals surface area contributed by atoms with Gasteiger partial charge in [-0.05, 0) is 56.0 Å². The predicted molar refractivity (Wildman–Crippen MR) is 101 cm³/mol. The molecule has 1 fully saturated rings. The van der Waals surface area contributed by atoms with Gasteiger partial charge in [-0.1, -0.05) is 6.92 Å². The standard InChI is InChI=1S/C18H24F3N3O2.ClH/c1-11(13-4-3-7-22-10-13)8-17(26)24-16-9-14(18(19,20)21)5-6-15(16)23-12(2)25;/h5-6,9,11,13,22H,3-4,7-8,10H2,1-2H3,(H,23,25)(H,24,26);1H. The number of rotatable bonds is 5.